The van der Waals surface area contributed by atoms with Crippen molar-refractivity contribution in [2.45, 2.75) is 19.3 Å². The second-order valence-electron chi connectivity index (χ2n) is 4.28. The first-order valence-electron chi connectivity index (χ1n) is 4.58. The van der Waals surface area contributed by atoms with Crippen LogP contribution in [0.25, 0.3) is 0 Å². The Labute approximate surface area is 88.3 Å². The van der Waals surface area contributed by atoms with Crippen LogP contribution in [0.3, 0.4) is 0 Å². The quantitative estimate of drug-likeness (QED) is 0.721. The molecule has 0 atom stereocenters. The van der Waals surface area contributed by atoms with Crippen molar-refractivity contribution in [1.82, 2.24) is 0 Å². The van der Waals surface area contributed by atoms with Crippen LogP contribution in [0.15, 0.2) is 12.1 Å². The highest BCUT2D eigenvalue weighted by Gasteiger charge is 2.31. The lowest BCUT2D eigenvalue weighted by Gasteiger charge is -2.17. The fourth-order valence-corrected chi connectivity index (χ4v) is 2.11. The van der Waals surface area contributed by atoms with E-state index in [4.69, 9.17) is 11.6 Å². The van der Waals surface area contributed by atoms with Crippen LogP contribution in [0.4, 0.5) is 5.69 Å². The molecule has 14 heavy (non-hydrogen) atoms. The first-order chi connectivity index (χ1) is 6.54. The van der Waals surface area contributed by atoms with Gasteiger partial charge >= 0.3 is 0 Å². The Morgan fingerprint density at radius 2 is 2.21 bits per heavy atom. The molecule has 0 saturated carbocycles. The van der Waals surface area contributed by atoms with Gasteiger partial charge in [-0.2, -0.15) is 0 Å². The van der Waals surface area contributed by atoms with Crippen LogP contribution in [-0.2, 0) is 5.41 Å². The summed E-state index contributed by atoms with van der Waals surface area (Å²) in [6, 6.07) is 3.61. The molecule has 0 fully saturated rings. The highest BCUT2D eigenvalue weighted by Crippen LogP contribution is 2.40. The first kappa shape index (κ1) is 9.53. The lowest BCUT2D eigenvalue weighted by atomic mass is 9.86. The van der Waals surface area contributed by atoms with Gasteiger partial charge in [0.15, 0.2) is 0 Å². The maximum atomic E-state index is 10.7. The van der Waals surface area contributed by atoms with E-state index >= 15 is 0 Å². The molecule has 1 aromatic rings. The Hall–Kier alpha value is -1.02. The zero-order valence-corrected chi connectivity index (χ0v) is 8.98. The highest BCUT2D eigenvalue weighted by atomic mass is 35.5. The minimum atomic E-state index is 0.0536. The molecule has 1 N–H and O–H groups in total. The lowest BCUT2D eigenvalue weighted by molar-refractivity contribution is 0.112. The SMILES string of the molecule is CC1(C)CNc2c(Cl)cc(C=O)cc21. The summed E-state index contributed by atoms with van der Waals surface area (Å²) >= 11 is 6.06. The van der Waals surface area contributed by atoms with Crippen molar-refractivity contribution in [2.75, 3.05) is 11.9 Å². The summed E-state index contributed by atoms with van der Waals surface area (Å²) in [6.07, 6.45) is 0.834. The molecule has 2 rings (SSSR count). The van der Waals surface area contributed by atoms with E-state index < -0.39 is 0 Å². The molecule has 1 aliphatic heterocycles. The number of carbonyl (C=O) groups excluding carboxylic acids is 1. The number of rotatable bonds is 1. The Bertz CT molecular complexity index is 399. The summed E-state index contributed by atoms with van der Waals surface area (Å²) in [6.45, 7) is 5.14. The molecule has 0 amide bonds. The Kier molecular flexibility index (Phi) is 2.04. The minimum Gasteiger partial charge on any atom is -0.383 e. The molecule has 0 radical (unpaired) electrons. The molecular weight excluding hydrogens is 198 g/mol. The van der Waals surface area contributed by atoms with Gasteiger partial charge in [-0.3, -0.25) is 4.79 Å². The van der Waals surface area contributed by atoms with Gasteiger partial charge in [0.1, 0.15) is 6.29 Å². The molecule has 0 unspecified atom stereocenters. The zero-order valence-electron chi connectivity index (χ0n) is 8.23. The summed E-state index contributed by atoms with van der Waals surface area (Å²) < 4.78 is 0. The van der Waals surface area contributed by atoms with E-state index in [-0.39, 0.29) is 5.41 Å². The molecule has 1 aliphatic rings. The molecule has 74 valence electrons. The van der Waals surface area contributed by atoms with Crippen LogP contribution in [0.5, 0.6) is 0 Å². The fraction of sp³-hybridized carbons (Fsp3) is 0.364. The summed E-state index contributed by atoms with van der Waals surface area (Å²) in [5.41, 5.74) is 2.80. The van der Waals surface area contributed by atoms with Crippen molar-refractivity contribution in [3.05, 3.63) is 28.3 Å². The number of halogens is 1. The van der Waals surface area contributed by atoms with Crippen LogP contribution in [-0.4, -0.2) is 12.8 Å². The predicted octanol–water partition coefficient (Wildman–Crippen LogP) is 2.86. The maximum Gasteiger partial charge on any atom is 0.150 e. The maximum absolute atomic E-state index is 10.7. The van der Waals surface area contributed by atoms with Crippen molar-refractivity contribution >= 4 is 23.6 Å². The van der Waals surface area contributed by atoms with Crippen LogP contribution in [0.1, 0.15) is 29.8 Å². The molecule has 0 aromatic heterocycles. The van der Waals surface area contributed by atoms with E-state index in [1.165, 1.54) is 0 Å². The normalized spacial score (nSPS) is 17.4. The summed E-state index contributed by atoms with van der Waals surface area (Å²) in [5.74, 6) is 0. The van der Waals surface area contributed by atoms with Gasteiger partial charge in [0, 0.05) is 17.5 Å². The number of anilines is 1. The average Bonchev–Trinajstić information content (AvgIpc) is 2.43. The number of nitrogens with one attached hydrogen (secondary N) is 1. The Morgan fingerprint density at radius 1 is 1.50 bits per heavy atom. The van der Waals surface area contributed by atoms with E-state index in [0.29, 0.717) is 10.6 Å². The monoisotopic (exact) mass is 209 g/mol. The smallest absolute Gasteiger partial charge is 0.150 e. The molecule has 2 nitrogen and oxygen atoms in total. The van der Waals surface area contributed by atoms with E-state index in [2.05, 4.69) is 19.2 Å². The lowest BCUT2D eigenvalue weighted by Crippen LogP contribution is -2.19. The van der Waals surface area contributed by atoms with Gasteiger partial charge in [0.2, 0.25) is 0 Å². The molecule has 0 saturated heterocycles. The number of hydrogen-bond donors (Lipinski definition) is 1. The molecule has 3 heteroatoms. The second kappa shape index (κ2) is 2.99. The third-order valence-electron chi connectivity index (χ3n) is 2.68. The molecule has 0 spiro atoms. The van der Waals surface area contributed by atoms with Gasteiger partial charge in [-0.25, -0.2) is 0 Å². The molecular formula is C11H12ClNO. The first-order valence-corrected chi connectivity index (χ1v) is 4.95. The molecule has 0 bridgehead atoms. The molecule has 1 heterocycles. The van der Waals surface area contributed by atoms with Gasteiger partial charge in [-0.1, -0.05) is 25.4 Å². The van der Waals surface area contributed by atoms with Gasteiger partial charge in [0.05, 0.1) is 10.7 Å². The molecule has 0 aliphatic carbocycles. The van der Waals surface area contributed by atoms with Gasteiger partial charge < -0.3 is 5.32 Å². The van der Waals surface area contributed by atoms with Crippen molar-refractivity contribution in [2.24, 2.45) is 0 Å². The standard InChI is InChI=1S/C11H12ClNO/c1-11(2)6-13-10-8(11)3-7(5-14)4-9(10)12/h3-5,13H,6H2,1-2H3. The summed E-state index contributed by atoms with van der Waals surface area (Å²) in [7, 11) is 0. The number of aldehydes is 1. The van der Waals surface area contributed by atoms with Gasteiger partial charge in [-0.05, 0) is 17.7 Å². The van der Waals surface area contributed by atoms with E-state index in [0.717, 1.165) is 24.1 Å². The van der Waals surface area contributed by atoms with Crippen molar-refractivity contribution in [1.29, 1.82) is 0 Å². The van der Waals surface area contributed by atoms with Crippen LogP contribution in [0, 0.1) is 0 Å². The van der Waals surface area contributed by atoms with E-state index in [1.54, 1.807) is 6.07 Å². The summed E-state index contributed by atoms with van der Waals surface area (Å²) in [4.78, 5) is 10.7. The van der Waals surface area contributed by atoms with Crippen LogP contribution < -0.4 is 5.32 Å². The van der Waals surface area contributed by atoms with Crippen molar-refractivity contribution < 1.29 is 4.79 Å². The Morgan fingerprint density at radius 3 is 2.86 bits per heavy atom. The predicted molar refractivity (Wildman–Crippen MR) is 58.4 cm³/mol. The zero-order chi connectivity index (χ0) is 10.3. The van der Waals surface area contributed by atoms with E-state index in [9.17, 15) is 4.79 Å². The minimum absolute atomic E-state index is 0.0536. The third kappa shape index (κ3) is 1.30. The fourth-order valence-electron chi connectivity index (χ4n) is 1.81. The summed E-state index contributed by atoms with van der Waals surface area (Å²) in [5, 5.41) is 3.90. The van der Waals surface area contributed by atoms with Crippen LogP contribution in [0.2, 0.25) is 5.02 Å². The topological polar surface area (TPSA) is 29.1 Å². The van der Waals surface area contributed by atoms with Crippen LogP contribution >= 0.6 is 11.6 Å². The number of benzene rings is 1. The van der Waals surface area contributed by atoms with Crippen molar-refractivity contribution in [3.63, 3.8) is 0 Å². The number of hydrogen-bond acceptors (Lipinski definition) is 2. The average molecular weight is 210 g/mol. The van der Waals surface area contributed by atoms with Gasteiger partial charge in [-0.15, -0.1) is 0 Å². The largest absolute Gasteiger partial charge is 0.383 e. The number of carbonyl (C=O) groups is 1. The third-order valence-corrected chi connectivity index (χ3v) is 2.98. The second-order valence-corrected chi connectivity index (χ2v) is 4.69. The molecule has 1 aromatic carbocycles. The van der Waals surface area contributed by atoms with Crippen molar-refractivity contribution in [3.8, 4) is 0 Å². The van der Waals surface area contributed by atoms with Gasteiger partial charge in [0.25, 0.3) is 0 Å². The number of fused-ring (bicyclic) bond motifs is 1. The van der Waals surface area contributed by atoms with E-state index in [1.807, 2.05) is 6.07 Å². The Balaban J connectivity index is 2.65. The highest BCUT2D eigenvalue weighted by molar-refractivity contribution is 6.33.